The molecule has 1 unspecified atom stereocenters. The van der Waals surface area contributed by atoms with Crippen molar-refractivity contribution in [3.8, 4) is 11.5 Å². The van der Waals surface area contributed by atoms with Gasteiger partial charge in [-0.1, -0.05) is 11.6 Å². The maximum absolute atomic E-state index is 11.1. The molecule has 0 aliphatic carbocycles. The van der Waals surface area contributed by atoms with Gasteiger partial charge in [0.1, 0.15) is 0 Å². The molecule has 0 saturated carbocycles. The van der Waals surface area contributed by atoms with Crippen molar-refractivity contribution in [3.63, 3.8) is 0 Å². The van der Waals surface area contributed by atoms with Gasteiger partial charge < -0.3 is 14.6 Å². The summed E-state index contributed by atoms with van der Waals surface area (Å²) in [6, 6.07) is 3.27. The van der Waals surface area contributed by atoms with Gasteiger partial charge in [0.25, 0.3) is 0 Å². The minimum Gasteiger partial charge on any atom is -0.493 e. The zero-order chi connectivity index (χ0) is 13.0. The van der Waals surface area contributed by atoms with E-state index in [4.69, 9.17) is 26.2 Å². The maximum Gasteiger partial charge on any atom is 0.310 e. The summed E-state index contributed by atoms with van der Waals surface area (Å²) in [5.41, 5.74) is 0.445. The Morgan fingerprint density at radius 1 is 1.53 bits per heavy atom. The van der Waals surface area contributed by atoms with Crippen molar-refractivity contribution in [2.45, 2.75) is 19.8 Å². The molecular formula is C12H15ClO4. The van der Waals surface area contributed by atoms with Crippen LogP contribution in [0.3, 0.4) is 0 Å². The fourth-order valence-corrected chi connectivity index (χ4v) is 1.85. The van der Waals surface area contributed by atoms with E-state index in [1.165, 1.54) is 7.11 Å². The van der Waals surface area contributed by atoms with Gasteiger partial charge >= 0.3 is 5.97 Å². The molecule has 94 valence electrons. The summed E-state index contributed by atoms with van der Waals surface area (Å²) in [6.07, 6.45) is 0. The summed E-state index contributed by atoms with van der Waals surface area (Å²) in [6.45, 7) is 3.79. The van der Waals surface area contributed by atoms with Crippen molar-refractivity contribution in [2.24, 2.45) is 0 Å². The Hall–Kier alpha value is -1.42. The van der Waals surface area contributed by atoms with Gasteiger partial charge in [0.15, 0.2) is 11.5 Å². The summed E-state index contributed by atoms with van der Waals surface area (Å²) >= 11 is 6.03. The molecule has 0 heterocycles. The number of benzene rings is 1. The molecule has 0 amide bonds. The van der Waals surface area contributed by atoms with Crippen molar-refractivity contribution < 1.29 is 19.4 Å². The summed E-state index contributed by atoms with van der Waals surface area (Å²) in [4.78, 5) is 11.1. The number of halogens is 1. The Morgan fingerprint density at radius 3 is 2.65 bits per heavy atom. The van der Waals surface area contributed by atoms with E-state index in [0.29, 0.717) is 28.7 Å². The average molecular weight is 259 g/mol. The SMILES string of the molecule is CCOc1c(OC)ccc(Cl)c1C(C)C(=O)O. The van der Waals surface area contributed by atoms with Crippen molar-refractivity contribution >= 4 is 17.6 Å². The second kappa shape index (κ2) is 5.77. The van der Waals surface area contributed by atoms with Crippen molar-refractivity contribution in [3.05, 3.63) is 22.7 Å². The van der Waals surface area contributed by atoms with Crippen LogP contribution in [0.5, 0.6) is 11.5 Å². The second-order valence-corrected chi connectivity index (χ2v) is 3.89. The monoisotopic (exact) mass is 258 g/mol. The molecule has 17 heavy (non-hydrogen) atoms. The van der Waals surface area contributed by atoms with Gasteiger partial charge in [0.05, 0.1) is 19.6 Å². The third kappa shape index (κ3) is 2.82. The van der Waals surface area contributed by atoms with Gasteiger partial charge in [0.2, 0.25) is 0 Å². The highest BCUT2D eigenvalue weighted by Crippen LogP contribution is 2.40. The number of ether oxygens (including phenoxy) is 2. The highest BCUT2D eigenvalue weighted by Gasteiger charge is 2.24. The van der Waals surface area contributed by atoms with Crippen LogP contribution in [0, 0.1) is 0 Å². The predicted octanol–water partition coefficient (Wildman–Crippen LogP) is 2.94. The zero-order valence-corrected chi connectivity index (χ0v) is 10.7. The normalized spacial score (nSPS) is 12.0. The van der Waals surface area contributed by atoms with Crippen molar-refractivity contribution in [1.29, 1.82) is 0 Å². The van der Waals surface area contributed by atoms with Gasteiger partial charge in [-0.25, -0.2) is 0 Å². The second-order valence-electron chi connectivity index (χ2n) is 3.49. The summed E-state index contributed by atoms with van der Waals surface area (Å²) in [7, 11) is 1.50. The van der Waals surface area contributed by atoms with Gasteiger partial charge in [-0.05, 0) is 26.0 Å². The molecule has 0 spiro atoms. The van der Waals surface area contributed by atoms with E-state index in [1.54, 1.807) is 19.1 Å². The lowest BCUT2D eigenvalue weighted by Gasteiger charge is -2.17. The number of rotatable bonds is 5. The summed E-state index contributed by atoms with van der Waals surface area (Å²) < 4.78 is 10.6. The van der Waals surface area contributed by atoms with Crippen LogP contribution in [0.15, 0.2) is 12.1 Å². The van der Waals surface area contributed by atoms with Crippen molar-refractivity contribution in [1.82, 2.24) is 0 Å². The third-order valence-corrected chi connectivity index (χ3v) is 2.75. The van der Waals surface area contributed by atoms with Crippen LogP contribution in [0.2, 0.25) is 5.02 Å². The first kappa shape index (κ1) is 13.6. The van der Waals surface area contributed by atoms with E-state index in [-0.39, 0.29) is 0 Å². The van der Waals surface area contributed by atoms with Crippen LogP contribution >= 0.6 is 11.6 Å². The summed E-state index contributed by atoms with van der Waals surface area (Å²) in [5, 5.41) is 9.43. The first-order valence-corrected chi connectivity index (χ1v) is 5.62. The van der Waals surface area contributed by atoms with E-state index in [0.717, 1.165) is 0 Å². The molecule has 4 nitrogen and oxygen atoms in total. The molecule has 1 aromatic carbocycles. The van der Waals surface area contributed by atoms with Crippen LogP contribution in [0.25, 0.3) is 0 Å². The van der Waals surface area contributed by atoms with E-state index in [9.17, 15) is 4.79 Å². The lowest BCUT2D eigenvalue weighted by molar-refractivity contribution is -0.138. The minimum atomic E-state index is -0.957. The number of hydrogen-bond acceptors (Lipinski definition) is 3. The van der Waals surface area contributed by atoms with Crippen molar-refractivity contribution in [2.75, 3.05) is 13.7 Å². The fraction of sp³-hybridized carbons (Fsp3) is 0.417. The molecule has 1 atom stereocenters. The molecule has 0 bridgehead atoms. The highest BCUT2D eigenvalue weighted by atomic mass is 35.5. The third-order valence-electron chi connectivity index (χ3n) is 2.42. The van der Waals surface area contributed by atoms with Crippen LogP contribution in [0.1, 0.15) is 25.3 Å². The average Bonchev–Trinajstić information content (AvgIpc) is 2.29. The van der Waals surface area contributed by atoms with Crippen LogP contribution < -0.4 is 9.47 Å². The Labute approximate surface area is 105 Å². The minimum absolute atomic E-state index is 0.365. The molecule has 0 radical (unpaired) electrons. The fourth-order valence-electron chi connectivity index (χ4n) is 1.54. The van der Waals surface area contributed by atoms with Gasteiger partial charge in [-0.2, -0.15) is 0 Å². The Morgan fingerprint density at radius 2 is 2.18 bits per heavy atom. The standard InChI is InChI=1S/C12H15ClO4/c1-4-17-11-9(16-3)6-5-8(13)10(11)7(2)12(14)15/h5-7H,4H2,1-3H3,(H,14,15). The molecule has 5 heteroatoms. The first-order chi connectivity index (χ1) is 8.02. The molecule has 0 aliphatic rings. The van der Waals surface area contributed by atoms with E-state index < -0.39 is 11.9 Å². The number of methoxy groups -OCH3 is 1. The van der Waals surface area contributed by atoms with E-state index >= 15 is 0 Å². The molecule has 1 aromatic rings. The Bertz CT molecular complexity index is 417. The topological polar surface area (TPSA) is 55.8 Å². The molecular weight excluding hydrogens is 244 g/mol. The van der Waals surface area contributed by atoms with E-state index in [2.05, 4.69) is 0 Å². The molecule has 0 saturated heterocycles. The number of hydrogen-bond donors (Lipinski definition) is 1. The molecule has 1 N–H and O–H groups in total. The quantitative estimate of drug-likeness (QED) is 0.882. The Kier molecular flexibility index (Phi) is 4.63. The smallest absolute Gasteiger partial charge is 0.310 e. The molecule has 0 aliphatic heterocycles. The first-order valence-electron chi connectivity index (χ1n) is 5.24. The maximum atomic E-state index is 11.1. The number of carbonyl (C=O) groups is 1. The van der Waals surface area contributed by atoms with Gasteiger partial charge in [0, 0.05) is 10.6 Å². The molecule has 0 aromatic heterocycles. The highest BCUT2D eigenvalue weighted by molar-refractivity contribution is 6.32. The van der Waals surface area contributed by atoms with Crippen LogP contribution in [0.4, 0.5) is 0 Å². The zero-order valence-electron chi connectivity index (χ0n) is 9.99. The number of carboxylic acid groups (broad SMARTS) is 1. The molecule has 0 fully saturated rings. The van der Waals surface area contributed by atoms with E-state index in [1.807, 2.05) is 6.92 Å². The van der Waals surface area contributed by atoms with Crippen LogP contribution in [-0.2, 0) is 4.79 Å². The number of aliphatic carboxylic acids is 1. The van der Waals surface area contributed by atoms with Gasteiger partial charge in [-0.3, -0.25) is 4.79 Å². The van der Waals surface area contributed by atoms with Gasteiger partial charge in [-0.15, -0.1) is 0 Å². The lowest BCUT2D eigenvalue weighted by Crippen LogP contribution is -2.11. The van der Waals surface area contributed by atoms with Crippen LogP contribution in [-0.4, -0.2) is 24.8 Å². The number of carboxylic acids is 1. The Balaban J connectivity index is 3.37. The molecule has 1 rings (SSSR count). The predicted molar refractivity (Wildman–Crippen MR) is 65.2 cm³/mol. The largest absolute Gasteiger partial charge is 0.493 e. The lowest BCUT2D eigenvalue weighted by atomic mass is 9.99. The summed E-state index contributed by atoms with van der Waals surface area (Å²) in [5.74, 6) is -0.822.